The summed E-state index contributed by atoms with van der Waals surface area (Å²) >= 11 is 5.88. The number of rotatable bonds is 4. The first-order chi connectivity index (χ1) is 7.86. The van der Waals surface area contributed by atoms with Crippen molar-refractivity contribution in [2.75, 3.05) is 0 Å². The number of alkyl halides is 1. The molecular weight excluding hydrogens is 222 g/mol. The average molecular weight is 236 g/mol. The first-order valence-electron chi connectivity index (χ1n) is 5.40. The number of aryl methyl sites for hydroxylation is 1. The predicted molar refractivity (Wildman–Crippen MR) is 65.3 cm³/mol. The molecule has 0 aliphatic carbocycles. The Balaban J connectivity index is 2.48. The molecule has 0 amide bonds. The van der Waals surface area contributed by atoms with Crippen LogP contribution in [0.5, 0.6) is 0 Å². The molecule has 0 aliphatic heterocycles. The van der Waals surface area contributed by atoms with Crippen molar-refractivity contribution in [3.8, 4) is 11.3 Å². The van der Waals surface area contributed by atoms with E-state index in [2.05, 4.69) is 29.4 Å². The van der Waals surface area contributed by atoms with Crippen molar-refractivity contribution >= 4 is 11.6 Å². The van der Waals surface area contributed by atoms with Gasteiger partial charge in [0.1, 0.15) is 5.69 Å². The van der Waals surface area contributed by atoms with Crippen molar-refractivity contribution in [2.24, 2.45) is 0 Å². The maximum atomic E-state index is 5.88. The number of hydrogen-bond donors (Lipinski definition) is 0. The summed E-state index contributed by atoms with van der Waals surface area (Å²) in [5.74, 6) is 0.397. The van der Waals surface area contributed by atoms with E-state index in [1.165, 1.54) is 0 Å². The van der Waals surface area contributed by atoms with E-state index in [0.29, 0.717) is 5.88 Å². The summed E-state index contributed by atoms with van der Waals surface area (Å²) in [6.07, 6.45) is 1.03. The van der Waals surface area contributed by atoms with E-state index in [-0.39, 0.29) is 0 Å². The van der Waals surface area contributed by atoms with Gasteiger partial charge in [-0.1, -0.05) is 42.5 Å². The summed E-state index contributed by atoms with van der Waals surface area (Å²) in [5, 5.41) is 8.25. The third-order valence-electron chi connectivity index (χ3n) is 2.41. The highest BCUT2D eigenvalue weighted by Crippen LogP contribution is 2.23. The summed E-state index contributed by atoms with van der Waals surface area (Å²) in [6, 6.07) is 10.1. The van der Waals surface area contributed by atoms with Gasteiger partial charge in [-0.3, -0.25) is 0 Å². The Labute approximate surface area is 100 Å². The minimum atomic E-state index is 0.397. The first kappa shape index (κ1) is 11.1. The lowest BCUT2D eigenvalue weighted by molar-refractivity contribution is 0.584. The van der Waals surface area contributed by atoms with Crippen molar-refractivity contribution < 1.29 is 0 Å². The van der Waals surface area contributed by atoms with Crippen LogP contribution in [0.15, 0.2) is 30.3 Å². The van der Waals surface area contributed by atoms with Gasteiger partial charge in [-0.05, 0) is 6.42 Å². The van der Waals surface area contributed by atoms with E-state index in [9.17, 15) is 0 Å². The van der Waals surface area contributed by atoms with E-state index in [1.807, 2.05) is 22.9 Å². The van der Waals surface area contributed by atoms with E-state index in [4.69, 9.17) is 11.6 Å². The highest BCUT2D eigenvalue weighted by molar-refractivity contribution is 6.17. The molecule has 0 radical (unpaired) electrons. The van der Waals surface area contributed by atoms with Gasteiger partial charge in [0, 0.05) is 12.1 Å². The van der Waals surface area contributed by atoms with Crippen LogP contribution in [0.25, 0.3) is 11.3 Å². The molecule has 0 N–H and O–H groups in total. The van der Waals surface area contributed by atoms with E-state index < -0.39 is 0 Å². The van der Waals surface area contributed by atoms with Crippen LogP contribution >= 0.6 is 11.6 Å². The second-order valence-electron chi connectivity index (χ2n) is 3.61. The highest BCUT2D eigenvalue weighted by Gasteiger charge is 2.12. The third kappa shape index (κ3) is 2.09. The molecule has 84 valence electrons. The molecule has 0 unspecified atom stereocenters. The standard InChI is InChI=1S/C12H14ClN3/c1-2-8-16-12(11(9-13)14-15-16)10-6-4-3-5-7-10/h3-7H,2,8-9H2,1H3. The SMILES string of the molecule is CCCn1nnc(CCl)c1-c1ccccc1. The second kappa shape index (κ2) is 5.12. The molecule has 3 nitrogen and oxygen atoms in total. The quantitative estimate of drug-likeness (QED) is 0.763. The molecular formula is C12H14ClN3. The lowest BCUT2D eigenvalue weighted by atomic mass is 10.1. The largest absolute Gasteiger partial charge is 0.244 e. The molecule has 16 heavy (non-hydrogen) atoms. The number of nitrogens with zero attached hydrogens (tertiary/aromatic N) is 3. The Morgan fingerprint density at radius 2 is 2.00 bits per heavy atom. The monoisotopic (exact) mass is 235 g/mol. The molecule has 0 atom stereocenters. The highest BCUT2D eigenvalue weighted by atomic mass is 35.5. The van der Waals surface area contributed by atoms with Gasteiger partial charge in [0.05, 0.1) is 11.6 Å². The van der Waals surface area contributed by atoms with Crippen LogP contribution < -0.4 is 0 Å². The smallest absolute Gasteiger partial charge is 0.105 e. The van der Waals surface area contributed by atoms with Crippen molar-refractivity contribution in [2.45, 2.75) is 25.8 Å². The number of halogens is 1. The molecule has 2 rings (SSSR count). The van der Waals surface area contributed by atoms with Crippen LogP contribution in [0.3, 0.4) is 0 Å². The molecule has 0 spiro atoms. The van der Waals surface area contributed by atoms with Gasteiger partial charge < -0.3 is 0 Å². The van der Waals surface area contributed by atoms with Crippen LogP contribution in [0, 0.1) is 0 Å². The van der Waals surface area contributed by atoms with E-state index >= 15 is 0 Å². The summed E-state index contributed by atoms with van der Waals surface area (Å²) in [6.45, 7) is 2.99. The Kier molecular flexibility index (Phi) is 3.57. The minimum Gasteiger partial charge on any atom is -0.244 e. The lowest BCUT2D eigenvalue weighted by Gasteiger charge is -2.05. The van der Waals surface area contributed by atoms with Crippen molar-refractivity contribution in [1.29, 1.82) is 0 Å². The molecule has 0 saturated heterocycles. The maximum Gasteiger partial charge on any atom is 0.105 e. The minimum absolute atomic E-state index is 0.397. The van der Waals surface area contributed by atoms with E-state index in [0.717, 1.165) is 29.9 Å². The van der Waals surface area contributed by atoms with Crippen LogP contribution in [-0.4, -0.2) is 15.0 Å². The molecule has 0 aliphatic rings. The molecule has 2 aromatic rings. The Morgan fingerprint density at radius 3 is 2.62 bits per heavy atom. The summed E-state index contributed by atoms with van der Waals surface area (Å²) in [4.78, 5) is 0. The second-order valence-corrected chi connectivity index (χ2v) is 3.87. The summed E-state index contributed by atoms with van der Waals surface area (Å²) in [5.41, 5.74) is 3.01. The predicted octanol–water partition coefficient (Wildman–Crippen LogP) is 3.09. The fraction of sp³-hybridized carbons (Fsp3) is 0.333. The molecule has 1 aromatic heterocycles. The summed E-state index contributed by atoms with van der Waals surface area (Å²) < 4.78 is 1.92. The fourth-order valence-electron chi connectivity index (χ4n) is 1.72. The first-order valence-corrected chi connectivity index (χ1v) is 5.94. The number of hydrogen-bond acceptors (Lipinski definition) is 2. The molecule has 1 heterocycles. The zero-order chi connectivity index (χ0) is 11.4. The number of aromatic nitrogens is 3. The Morgan fingerprint density at radius 1 is 1.25 bits per heavy atom. The average Bonchev–Trinajstić information content (AvgIpc) is 2.74. The van der Waals surface area contributed by atoms with Gasteiger partial charge in [0.15, 0.2) is 0 Å². The Bertz CT molecular complexity index is 451. The van der Waals surface area contributed by atoms with Gasteiger partial charge in [-0.25, -0.2) is 4.68 Å². The molecule has 1 aromatic carbocycles. The third-order valence-corrected chi connectivity index (χ3v) is 2.67. The van der Waals surface area contributed by atoms with Gasteiger partial charge in [-0.15, -0.1) is 16.7 Å². The number of benzene rings is 1. The maximum absolute atomic E-state index is 5.88. The lowest BCUT2D eigenvalue weighted by Crippen LogP contribution is -2.01. The van der Waals surface area contributed by atoms with Crippen LogP contribution in [0.2, 0.25) is 0 Å². The van der Waals surface area contributed by atoms with E-state index in [1.54, 1.807) is 0 Å². The van der Waals surface area contributed by atoms with Crippen molar-refractivity contribution in [3.63, 3.8) is 0 Å². The van der Waals surface area contributed by atoms with Crippen LogP contribution in [0.1, 0.15) is 19.0 Å². The van der Waals surface area contributed by atoms with Crippen molar-refractivity contribution in [3.05, 3.63) is 36.0 Å². The summed E-state index contributed by atoms with van der Waals surface area (Å²) in [7, 11) is 0. The molecule has 4 heteroatoms. The van der Waals surface area contributed by atoms with Gasteiger partial charge >= 0.3 is 0 Å². The van der Waals surface area contributed by atoms with Gasteiger partial charge in [-0.2, -0.15) is 0 Å². The fourth-order valence-corrected chi connectivity index (χ4v) is 1.90. The molecule has 0 fully saturated rings. The Hall–Kier alpha value is -1.35. The van der Waals surface area contributed by atoms with Gasteiger partial charge in [0.25, 0.3) is 0 Å². The molecule has 0 bridgehead atoms. The zero-order valence-corrected chi connectivity index (χ0v) is 9.98. The van der Waals surface area contributed by atoms with Gasteiger partial charge in [0.2, 0.25) is 0 Å². The van der Waals surface area contributed by atoms with Crippen LogP contribution in [-0.2, 0) is 12.4 Å². The zero-order valence-electron chi connectivity index (χ0n) is 9.23. The van der Waals surface area contributed by atoms with Crippen molar-refractivity contribution in [1.82, 2.24) is 15.0 Å². The topological polar surface area (TPSA) is 30.7 Å². The molecule has 0 saturated carbocycles. The van der Waals surface area contributed by atoms with Crippen LogP contribution in [0.4, 0.5) is 0 Å². The normalized spacial score (nSPS) is 10.6.